The van der Waals surface area contributed by atoms with Gasteiger partial charge >= 0.3 is 23.9 Å². The molecule has 39 heavy (non-hydrogen) atoms. The summed E-state index contributed by atoms with van der Waals surface area (Å²) in [5.41, 5.74) is 6.93. The van der Waals surface area contributed by atoms with E-state index in [0.29, 0.717) is 24.0 Å². The molecule has 9 heteroatoms. The fraction of sp³-hybridized carbons (Fsp3) is 0.467. The number of hydrogen-bond acceptors (Lipinski definition) is 8. The molecule has 2 rings (SSSR count). The zero-order valence-electron chi connectivity index (χ0n) is 23.1. The summed E-state index contributed by atoms with van der Waals surface area (Å²) in [5.74, 6) is -4.08. The molecular formula is C30H39NO8. The van der Waals surface area contributed by atoms with Gasteiger partial charge in [-0.3, -0.25) is 14.4 Å². The topological polar surface area (TPSA) is 142 Å². The molecule has 0 radical (unpaired) electrons. The van der Waals surface area contributed by atoms with Crippen LogP contribution >= 0.6 is 0 Å². The van der Waals surface area contributed by atoms with E-state index in [-0.39, 0.29) is 24.3 Å². The normalized spacial score (nSPS) is 14.0. The van der Waals surface area contributed by atoms with Gasteiger partial charge in [0.05, 0.1) is 5.56 Å². The molecule has 0 amide bonds. The lowest BCUT2D eigenvalue weighted by atomic mass is 9.79. The Morgan fingerprint density at radius 2 is 1.41 bits per heavy atom. The van der Waals surface area contributed by atoms with Gasteiger partial charge in [-0.15, -0.1) is 0 Å². The van der Waals surface area contributed by atoms with Crippen LogP contribution in [-0.2, 0) is 19.1 Å². The van der Waals surface area contributed by atoms with E-state index >= 15 is 0 Å². The average molecular weight is 542 g/mol. The molecule has 0 heterocycles. The first-order chi connectivity index (χ1) is 18.6. The zero-order valence-corrected chi connectivity index (χ0v) is 23.1. The van der Waals surface area contributed by atoms with Crippen molar-refractivity contribution in [3.63, 3.8) is 0 Å². The van der Waals surface area contributed by atoms with Crippen molar-refractivity contribution in [2.45, 2.75) is 84.3 Å². The van der Waals surface area contributed by atoms with Crippen molar-refractivity contribution in [1.29, 1.82) is 0 Å². The SMILES string of the molecule is CCCCC(=O)Oc1ccc(C(C(C)C(C)OC(=O)c2ccccc2)[C@H](N)C(=O)O)cc1OC(=O)CCCC. The zero-order chi connectivity index (χ0) is 28.9. The molecule has 0 bridgehead atoms. The van der Waals surface area contributed by atoms with Gasteiger partial charge in [0.2, 0.25) is 0 Å². The number of hydrogen-bond donors (Lipinski definition) is 2. The highest BCUT2D eigenvalue weighted by atomic mass is 16.6. The highest BCUT2D eigenvalue weighted by Crippen LogP contribution is 2.37. The lowest BCUT2D eigenvalue weighted by molar-refractivity contribution is -0.140. The van der Waals surface area contributed by atoms with Crippen LogP contribution in [0.4, 0.5) is 0 Å². The summed E-state index contributed by atoms with van der Waals surface area (Å²) in [6, 6.07) is 11.6. The molecule has 0 aliphatic carbocycles. The van der Waals surface area contributed by atoms with Crippen LogP contribution in [0.2, 0.25) is 0 Å². The predicted octanol–water partition coefficient (Wildman–Crippen LogP) is 5.25. The minimum Gasteiger partial charge on any atom is -0.480 e. The Bertz CT molecular complexity index is 1120. The number of carbonyl (C=O) groups is 4. The van der Waals surface area contributed by atoms with Crippen LogP contribution in [0.3, 0.4) is 0 Å². The van der Waals surface area contributed by atoms with Crippen LogP contribution in [0.5, 0.6) is 11.5 Å². The number of esters is 3. The van der Waals surface area contributed by atoms with Gasteiger partial charge in [0.25, 0.3) is 0 Å². The van der Waals surface area contributed by atoms with Crippen molar-refractivity contribution in [1.82, 2.24) is 0 Å². The number of aliphatic carboxylic acids is 1. The highest BCUT2D eigenvalue weighted by molar-refractivity contribution is 5.89. The van der Waals surface area contributed by atoms with Crippen LogP contribution < -0.4 is 15.2 Å². The average Bonchev–Trinajstić information content (AvgIpc) is 2.92. The summed E-state index contributed by atoms with van der Waals surface area (Å²) in [4.78, 5) is 49.4. The number of carbonyl (C=O) groups excluding carboxylic acids is 3. The Labute approximate surface area is 229 Å². The van der Waals surface area contributed by atoms with Crippen molar-refractivity contribution in [3.8, 4) is 11.5 Å². The Morgan fingerprint density at radius 3 is 1.95 bits per heavy atom. The van der Waals surface area contributed by atoms with Crippen LogP contribution in [0, 0.1) is 5.92 Å². The lowest BCUT2D eigenvalue weighted by Gasteiger charge is -2.32. The van der Waals surface area contributed by atoms with E-state index in [2.05, 4.69) is 0 Å². The minimum absolute atomic E-state index is 0.00201. The number of rotatable bonds is 15. The number of unbranched alkanes of at least 4 members (excludes halogenated alkanes) is 2. The molecule has 0 saturated heterocycles. The molecule has 0 saturated carbocycles. The van der Waals surface area contributed by atoms with Gasteiger partial charge in [0.15, 0.2) is 11.5 Å². The van der Waals surface area contributed by atoms with Crippen molar-refractivity contribution in [2.75, 3.05) is 0 Å². The van der Waals surface area contributed by atoms with Gasteiger partial charge < -0.3 is 25.1 Å². The second-order valence-corrected chi connectivity index (χ2v) is 9.59. The van der Waals surface area contributed by atoms with E-state index in [1.807, 2.05) is 13.8 Å². The van der Waals surface area contributed by atoms with Crippen LogP contribution in [-0.4, -0.2) is 41.1 Å². The first-order valence-electron chi connectivity index (χ1n) is 13.4. The summed E-state index contributed by atoms with van der Waals surface area (Å²) in [7, 11) is 0. The summed E-state index contributed by atoms with van der Waals surface area (Å²) >= 11 is 0. The standard InChI is InChI=1S/C30H39NO8/c1-5-7-14-25(32)38-23-17-16-22(18-24(23)39-26(33)15-8-6-2)27(28(31)29(34)35)19(3)20(4)37-30(36)21-12-10-9-11-13-21/h9-13,16-20,27-28H,5-8,14-15,31H2,1-4H3,(H,34,35)/t19?,20?,27?,28-/m0/s1. The monoisotopic (exact) mass is 541 g/mol. The van der Waals surface area contributed by atoms with Gasteiger partial charge in [-0.05, 0) is 49.6 Å². The van der Waals surface area contributed by atoms with E-state index in [0.717, 1.165) is 12.8 Å². The highest BCUT2D eigenvalue weighted by Gasteiger charge is 2.36. The van der Waals surface area contributed by atoms with Crippen LogP contribution in [0.1, 0.15) is 88.1 Å². The van der Waals surface area contributed by atoms with Crippen molar-refractivity contribution in [2.24, 2.45) is 11.7 Å². The van der Waals surface area contributed by atoms with Gasteiger partial charge in [0.1, 0.15) is 12.1 Å². The van der Waals surface area contributed by atoms with Gasteiger partial charge in [0, 0.05) is 24.7 Å². The molecule has 0 aliphatic rings. The first kappa shape index (κ1) is 31.5. The molecule has 0 aliphatic heterocycles. The van der Waals surface area contributed by atoms with Gasteiger partial charge in [-0.2, -0.15) is 0 Å². The Balaban J connectivity index is 2.41. The number of carboxylic acids is 1. The molecule has 3 unspecified atom stereocenters. The fourth-order valence-electron chi connectivity index (χ4n) is 4.09. The molecule has 2 aromatic carbocycles. The fourth-order valence-corrected chi connectivity index (χ4v) is 4.09. The first-order valence-corrected chi connectivity index (χ1v) is 13.4. The molecule has 0 aromatic heterocycles. The van der Waals surface area contributed by atoms with E-state index in [1.165, 1.54) is 12.1 Å². The molecule has 0 spiro atoms. The van der Waals surface area contributed by atoms with E-state index in [9.17, 15) is 24.3 Å². The third-order valence-corrected chi connectivity index (χ3v) is 6.55. The molecule has 9 nitrogen and oxygen atoms in total. The van der Waals surface area contributed by atoms with Crippen molar-refractivity contribution < 1.29 is 38.5 Å². The molecule has 212 valence electrons. The van der Waals surface area contributed by atoms with E-state index < -0.39 is 47.9 Å². The Hall–Kier alpha value is -3.72. The molecular weight excluding hydrogens is 502 g/mol. The second kappa shape index (κ2) is 15.6. The Morgan fingerprint density at radius 1 is 0.846 bits per heavy atom. The quantitative estimate of drug-likeness (QED) is 0.228. The second-order valence-electron chi connectivity index (χ2n) is 9.59. The summed E-state index contributed by atoms with van der Waals surface area (Å²) in [5, 5.41) is 9.78. The van der Waals surface area contributed by atoms with Crippen LogP contribution in [0.25, 0.3) is 0 Å². The smallest absolute Gasteiger partial charge is 0.338 e. The Kier molecular flexibility index (Phi) is 12.6. The van der Waals surface area contributed by atoms with E-state index in [4.69, 9.17) is 19.9 Å². The summed E-state index contributed by atoms with van der Waals surface area (Å²) < 4.78 is 16.7. The lowest BCUT2D eigenvalue weighted by Crippen LogP contribution is -2.42. The predicted molar refractivity (Wildman–Crippen MR) is 146 cm³/mol. The minimum atomic E-state index is -1.36. The number of benzene rings is 2. The van der Waals surface area contributed by atoms with Crippen molar-refractivity contribution in [3.05, 3.63) is 59.7 Å². The molecule has 2 aromatic rings. The van der Waals surface area contributed by atoms with Crippen LogP contribution in [0.15, 0.2) is 48.5 Å². The molecule has 0 fully saturated rings. The van der Waals surface area contributed by atoms with Gasteiger partial charge in [-0.25, -0.2) is 4.79 Å². The third kappa shape index (κ3) is 9.51. The maximum Gasteiger partial charge on any atom is 0.338 e. The van der Waals surface area contributed by atoms with Gasteiger partial charge in [-0.1, -0.05) is 57.9 Å². The maximum atomic E-state index is 12.6. The number of carboxylic acid groups (broad SMARTS) is 1. The maximum absolute atomic E-state index is 12.6. The molecule has 4 atom stereocenters. The summed E-state index contributed by atoms with van der Waals surface area (Å²) in [6.45, 7) is 7.30. The summed E-state index contributed by atoms with van der Waals surface area (Å²) in [6.07, 6.45) is 2.54. The van der Waals surface area contributed by atoms with Crippen molar-refractivity contribution >= 4 is 23.9 Å². The number of nitrogens with two attached hydrogens (primary N) is 1. The number of ether oxygens (including phenoxy) is 3. The third-order valence-electron chi connectivity index (χ3n) is 6.55. The largest absolute Gasteiger partial charge is 0.480 e. The van der Waals surface area contributed by atoms with E-state index in [1.54, 1.807) is 50.2 Å². The molecule has 3 N–H and O–H groups in total.